The number of carbonyl (C=O) groups is 4. The average Bonchev–Trinajstić information content (AvgIpc) is 1.62. The first-order chi connectivity index (χ1) is 46.3. The smallest absolute Gasteiger partial charge is 0.312 e. The van der Waals surface area contributed by atoms with E-state index in [2.05, 4.69) is 38.0 Å². The number of hydrogen-bond donors (Lipinski definition) is 2. The number of ketones is 2. The van der Waals surface area contributed by atoms with E-state index >= 15 is 8.78 Å². The zero-order valence-corrected chi connectivity index (χ0v) is 62.2. The van der Waals surface area contributed by atoms with Gasteiger partial charge in [-0.25, -0.2) is 58.8 Å². The van der Waals surface area contributed by atoms with Crippen LogP contribution in [0.3, 0.4) is 0 Å². The van der Waals surface area contributed by atoms with E-state index in [0.717, 1.165) is 0 Å². The maximum atomic E-state index is 15.5. The zero-order valence-electron chi connectivity index (χ0n) is 59.8. The summed E-state index contributed by atoms with van der Waals surface area (Å²) in [5.41, 5.74) is 10.7. The van der Waals surface area contributed by atoms with Gasteiger partial charge in [0.25, 0.3) is 0 Å². The lowest BCUT2D eigenvalue weighted by atomic mass is 9.84. The van der Waals surface area contributed by atoms with Gasteiger partial charge in [-0.1, -0.05) is 12.1 Å². The molecule has 0 amide bonds. The molecular formula is C71H91F3N12O11S3. The second kappa shape index (κ2) is 27.4. The number of nitrogens with two attached hydrogens (primary N) is 2. The highest BCUT2D eigenvalue weighted by atomic mass is 32.2. The van der Waals surface area contributed by atoms with Gasteiger partial charge in [0.15, 0.2) is 11.6 Å². The quantitative estimate of drug-likeness (QED) is 0.0559. The van der Waals surface area contributed by atoms with Crippen LogP contribution in [0.1, 0.15) is 185 Å². The first-order valence-corrected chi connectivity index (χ1v) is 37.6. The van der Waals surface area contributed by atoms with E-state index in [1.54, 1.807) is 128 Å². The number of halogens is 3. The van der Waals surface area contributed by atoms with Crippen LogP contribution in [0.15, 0.2) is 107 Å². The first kappa shape index (κ1) is 76.1. The van der Waals surface area contributed by atoms with E-state index in [9.17, 15) is 36.2 Å². The van der Waals surface area contributed by atoms with Crippen molar-refractivity contribution < 1.29 is 63.9 Å². The molecule has 0 saturated heterocycles. The second-order valence-corrected chi connectivity index (χ2v) is 38.6. The highest BCUT2D eigenvalue weighted by Crippen LogP contribution is 2.52. The minimum atomic E-state index is -2.95. The van der Waals surface area contributed by atoms with Gasteiger partial charge in [0, 0.05) is 66.3 Å². The van der Waals surface area contributed by atoms with Gasteiger partial charge in [-0.15, -0.1) is 0 Å². The molecule has 0 fully saturated rings. The fraction of sp³-hybridized carbons (Fsp3) is 0.535. The van der Waals surface area contributed by atoms with Crippen LogP contribution in [0.25, 0.3) is 0 Å². The van der Waals surface area contributed by atoms with Crippen LogP contribution in [0.2, 0.25) is 0 Å². The monoisotopic (exact) mass is 1440 g/mol. The van der Waals surface area contributed by atoms with Gasteiger partial charge < -0.3 is 30.4 Å². The van der Waals surface area contributed by atoms with E-state index in [1.165, 1.54) is 69.3 Å². The summed E-state index contributed by atoms with van der Waals surface area (Å²) in [5.74, 6) is -2.23. The van der Waals surface area contributed by atoms with Crippen molar-refractivity contribution in [1.29, 1.82) is 0 Å². The van der Waals surface area contributed by atoms with Gasteiger partial charge in [0.2, 0.25) is 11.8 Å². The number of benzene rings is 3. The molecule has 0 bridgehead atoms. The van der Waals surface area contributed by atoms with Crippen LogP contribution >= 0.6 is 0 Å². The van der Waals surface area contributed by atoms with Crippen LogP contribution in [-0.4, -0.2) is 148 Å². The molecule has 100 heavy (non-hydrogen) atoms. The molecule has 0 unspecified atom stereocenters. The number of aliphatic imine (C=N–C) groups is 3. The number of nitrogens with zero attached hydrogens (tertiary/aromatic N) is 10. The van der Waals surface area contributed by atoms with Crippen molar-refractivity contribution in [3.8, 4) is 11.8 Å². The Morgan fingerprint density at radius 1 is 0.480 bits per heavy atom. The molecular weight excluding hydrogens is 1350 g/mol. The topological polar surface area (TPSA) is 334 Å². The summed E-state index contributed by atoms with van der Waals surface area (Å²) in [6.45, 7) is 27.8. The number of aromatic nitrogens is 4. The Morgan fingerprint density at radius 2 is 0.820 bits per heavy atom. The fourth-order valence-corrected chi connectivity index (χ4v) is 23.6. The SMILES string of the molecule is CC(C)(C)OC(=O)CC1=N[C@](C)(c2cc(N)ccc2F)[C@@H]2CCN=[S@]2(=O)C1(C)C.COc1cnc(C(=O)Cc2ccc(F)c([C@@]3(C)N=C(CC(=O)OC(C)(C)C)C(C)(C)[S@@]4(=O)=NCC[C@@H]34)c2)cn1.COc1cnc(C(=O)Cc2ccc(F)c([C@@]3(C)N=C(N)C(C)(C)[S@@]4(=O)=NCC[C@@H]34)c2)cn1. The highest BCUT2D eigenvalue weighted by molar-refractivity contribution is 7.97. The molecule has 2 aromatic heterocycles. The zero-order chi connectivity index (χ0) is 73.9. The highest BCUT2D eigenvalue weighted by Gasteiger charge is 2.60. The van der Waals surface area contributed by atoms with Gasteiger partial charge in [-0.3, -0.25) is 34.2 Å². The summed E-state index contributed by atoms with van der Waals surface area (Å²) in [7, 11) is -5.63. The van der Waals surface area contributed by atoms with E-state index < -0.39 is 116 Å². The Hall–Kier alpha value is -8.05. The summed E-state index contributed by atoms with van der Waals surface area (Å²) in [6, 6.07) is 13.2. The molecule has 0 radical (unpaired) electrons. The number of hydrogen-bond acceptors (Lipinski definition) is 23. The molecule has 11 rings (SSSR count). The lowest BCUT2D eigenvalue weighted by molar-refractivity contribution is -0.154. The average molecular weight is 1440 g/mol. The molecule has 0 aliphatic carbocycles. The van der Waals surface area contributed by atoms with Crippen LogP contribution < -0.4 is 20.9 Å². The molecule has 6 aliphatic heterocycles. The Balaban J connectivity index is 0.000000177. The number of nitrogen functional groups attached to an aromatic ring is 1. The Kier molecular flexibility index (Phi) is 20.8. The van der Waals surface area contributed by atoms with Gasteiger partial charge in [0.1, 0.15) is 67.2 Å². The van der Waals surface area contributed by atoms with Gasteiger partial charge in [-0.2, -0.15) is 0 Å². The Labute approximate surface area is 584 Å². The van der Waals surface area contributed by atoms with Crippen molar-refractivity contribution in [3.63, 3.8) is 0 Å². The number of ether oxygens (including phenoxy) is 4. The molecule has 5 aromatic rings. The molecule has 0 spiro atoms. The van der Waals surface area contributed by atoms with Crippen LogP contribution in [0.4, 0.5) is 18.9 Å². The molecule has 8 heterocycles. The van der Waals surface area contributed by atoms with Gasteiger partial charge in [0.05, 0.1) is 106 Å². The number of methoxy groups -OCH3 is 2. The molecule has 23 nitrogen and oxygen atoms in total. The third kappa shape index (κ3) is 14.2. The minimum absolute atomic E-state index is 0.000521. The fourth-order valence-electron chi connectivity index (χ4n) is 13.9. The number of fused-ring (bicyclic) bond motifs is 3. The number of carbonyl (C=O) groups excluding carboxylic acids is 4. The summed E-state index contributed by atoms with van der Waals surface area (Å²) >= 11 is 0. The van der Waals surface area contributed by atoms with Crippen molar-refractivity contribution in [2.45, 2.75) is 207 Å². The van der Waals surface area contributed by atoms with Gasteiger partial charge >= 0.3 is 11.9 Å². The molecule has 9 atom stereocenters. The second-order valence-electron chi connectivity index (χ2n) is 29.7. The summed E-state index contributed by atoms with van der Waals surface area (Å²) in [4.78, 5) is 81.7. The maximum absolute atomic E-state index is 15.5. The van der Waals surface area contributed by atoms with Gasteiger partial charge in [-0.05, 0) is 177 Å². The van der Waals surface area contributed by atoms with Crippen LogP contribution in [-0.2, 0) is 77.7 Å². The molecule has 29 heteroatoms. The van der Waals surface area contributed by atoms with Crippen molar-refractivity contribution in [1.82, 2.24) is 19.9 Å². The lowest BCUT2D eigenvalue weighted by Gasteiger charge is -2.46. The van der Waals surface area contributed by atoms with E-state index in [4.69, 9.17) is 40.4 Å². The molecule has 3 aromatic carbocycles. The molecule has 4 N–H and O–H groups in total. The molecule has 0 saturated carbocycles. The van der Waals surface area contributed by atoms with E-state index in [1.807, 2.05) is 0 Å². The Bertz CT molecular complexity index is 4600. The predicted molar refractivity (Wildman–Crippen MR) is 380 cm³/mol. The summed E-state index contributed by atoms with van der Waals surface area (Å²) < 4.78 is 120. The van der Waals surface area contributed by atoms with Crippen molar-refractivity contribution in [2.75, 3.05) is 39.6 Å². The third-order valence-corrected chi connectivity index (χ3v) is 30.6. The number of anilines is 1. The predicted octanol–water partition coefficient (Wildman–Crippen LogP) is 11.0. The van der Waals surface area contributed by atoms with E-state index in [-0.39, 0.29) is 77.0 Å². The molecule has 540 valence electrons. The standard InChI is InChI=1S/C28H35FN4O5S.C22H26FN5O3S.C21H30FN3O3S/c1-26(2,3)38-25(35)14-22-27(4,5)39(36)23(10-11-32-39)28(6,33-22)18-12-17(8-9-19(18)29)13-21(34)20-15-31-24(37-7)16-30-20;1-21(2)20(24)28-22(3,18-7-8-27-32(18,21)30)14-9-13(5-6-15(14)23)10-17(29)16-11-26-19(31-4)12-25-16;1-19(2,3)28-18(26)12-16-20(4,5)29(27)17(9-10-24-29)21(6,25-16)14-11-13(23)7-8-15(14)22/h8-9,12,15-16,23H,10-11,13-14H2,1-7H3;5-6,9,11-12,18H,7-8,10H2,1-4H3,(H2,24,28);7-8,11,17H,9-10,12,23H2,1-6H3/t23-,28+,39+;18-,22+,32+;17-,21+,29+/m000/s1. The normalized spacial score (nSPS) is 28.1. The van der Waals surface area contributed by atoms with Crippen molar-refractivity contribution >= 4 is 75.6 Å². The van der Waals surface area contributed by atoms with Crippen molar-refractivity contribution in [3.05, 3.63) is 136 Å². The number of amidine groups is 1. The minimum Gasteiger partial charge on any atom is -0.480 e. The van der Waals surface area contributed by atoms with Crippen LogP contribution in [0.5, 0.6) is 11.8 Å². The van der Waals surface area contributed by atoms with Crippen LogP contribution in [0, 0.1) is 17.5 Å². The maximum Gasteiger partial charge on any atom is 0.312 e. The largest absolute Gasteiger partial charge is 0.480 e. The van der Waals surface area contributed by atoms with E-state index in [0.29, 0.717) is 73.0 Å². The number of Topliss-reactive ketones (excluding diaryl/α,β-unsaturated/α-hetero) is 2. The van der Waals surface area contributed by atoms with Crippen molar-refractivity contribution in [2.24, 2.45) is 33.8 Å². The third-order valence-electron chi connectivity index (χ3n) is 19.5. The Morgan fingerprint density at radius 3 is 1.16 bits per heavy atom. The lowest BCUT2D eigenvalue weighted by Crippen LogP contribution is -2.58. The first-order valence-electron chi connectivity index (χ1n) is 32.9. The number of rotatable bonds is 15. The number of esters is 2. The summed E-state index contributed by atoms with van der Waals surface area (Å²) in [6.07, 6.45) is 6.57. The summed E-state index contributed by atoms with van der Waals surface area (Å²) in [5, 5.41) is -1.52. The molecule has 6 aliphatic rings.